The van der Waals surface area contributed by atoms with Gasteiger partial charge in [-0.2, -0.15) is 0 Å². The predicted molar refractivity (Wildman–Crippen MR) is 216 cm³/mol. The molecular formula is C46H52N4O6. The van der Waals surface area contributed by atoms with Crippen LogP contribution in [0.15, 0.2) is 79.7 Å². The quantitative estimate of drug-likeness (QED) is 0.398. The number of hydrogen-bond donors (Lipinski definition) is 0. The van der Waals surface area contributed by atoms with Crippen molar-refractivity contribution in [2.24, 2.45) is 55.5 Å². The molecule has 0 aromatic heterocycles. The molecule has 8 rings (SSSR count). The zero-order valence-electron chi connectivity index (χ0n) is 33.7. The van der Waals surface area contributed by atoms with Crippen LogP contribution < -0.4 is 30.6 Å². The molecule has 4 aliphatic heterocycles. The molecule has 0 amide bonds. The molecule has 6 atom stereocenters. The molecule has 6 aliphatic rings. The topological polar surface area (TPSA) is 136 Å². The van der Waals surface area contributed by atoms with E-state index in [1.807, 2.05) is 58.9 Å². The highest BCUT2D eigenvalue weighted by atomic mass is 16.5. The average molecular weight is 757 g/mol. The molecule has 10 nitrogen and oxygen atoms in total. The molecular weight excluding hydrogens is 705 g/mol. The Balaban J connectivity index is 0.000000172. The number of ether oxygens (including phenoxy) is 2. The van der Waals surface area contributed by atoms with Crippen molar-refractivity contribution in [1.29, 1.82) is 0 Å². The van der Waals surface area contributed by atoms with E-state index < -0.39 is 0 Å². The maximum absolute atomic E-state index is 13.1. The molecule has 0 saturated heterocycles. The Morgan fingerprint density at radius 2 is 1.21 bits per heavy atom. The number of Topliss-reactive ketones (excluding diaryl/α,β-unsaturated/α-hetero) is 2. The van der Waals surface area contributed by atoms with Crippen LogP contribution in [-0.4, -0.2) is 73.9 Å². The van der Waals surface area contributed by atoms with Gasteiger partial charge in [-0.3, -0.25) is 39.1 Å². The van der Waals surface area contributed by atoms with Crippen molar-refractivity contribution >= 4 is 45.7 Å². The molecule has 2 aromatic rings. The second-order valence-electron chi connectivity index (χ2n) is 16.4. The number of fused-ring (bicyclic) bond motifs is 4. The third-order valence-electron chi connectivity index (χ3n) is 12.3. The van der Waals surface area contributed by atoms with Gasteiger partial charge >= 0.3 is 0 Å². The second kappa shape index (κ2) is 15.8. The van der Waals surface area contributed by atoms with Gasteiger partial charge < -0.3 is 9.47 Å². The van der Waals surface area contributed by atoms with E-state index in [-0.39, 0.29) is 70.7 Å². The minimum Gasteiger partial charge on any atom is -0.497 e. The summed E-state index contributed by atoms with van der Waals surface area (Å²) in [5.41, 5.74) is 5.60. The number of methoxy groups -OCH3 is 2. The van der Waals surface area contributed by atoms with Crippen molar-refractivity contribution in [2.75, 3.05) is 27.3 Å². The average Bonchev–Trinajstić information content (AvgIpc) is 3.75. The number of ketones is 4. The first-order chi connectivity index (χ1) is 26.8. The Morgan fingerprint density at radius 3 is 1.70 bits per heavy atom. The van der Waals surface area contributed by atoms with Crippen molar-refractivity contribution in [3.63, 3.8) is 0 Å². The first-order valence-corrected chi connectivity index (χ1v) is 19.9. The number of allylic oxidation sites excluding steroid dienone is 4. The first-order valence-electron chi connectivity index (χ1n) is 19.9. The Hall–Kier alpha value is -5.12. The highest BCUT2D eigenvalue weighted by Gasteiger charge is 2.42. The highest BCUT2D eigenvalue weighted by molar-refractivity contribution is 6.14. The summed E-state index contributed by atoms with van der Waals surface area (Å²) < 4.78 is 10.7. The molecule has 56 heavy (non-hydrogen) atoms. The summed E-state index contributed by atoms with van der Waals surface area (Å²) >= 11 is 0. The Labute approximate surface area is 328 Å². The van der Waals surface area contributed by atoms with E-state index in [0.717, 1.165) is 56.9 Å². The zero-order valence-corrected chi connectivity index (χ0v) is 33.7. The standard InChI is InChI=1S/2C23H26N2O3/c1-12(2)17-11-21(26)13(3)18(23(17)27)10-20-22-16(7-8-24-20)15-6-5-14(28-4)9-19(15)25-22;1-12(2)21-17(23(27)13(3)9-20(21)26)11-19-22-16(7-8-24-19)15-6-5-14(28-4)10-18(15)25-22/h5-6,9,11-13,18,22H,7-8,10H2,1-4H3;5-6,9-10,12,17,21-22H,7-8,11H2,1-4H3. The predicted octanol–water partition coefficient (Wildman–Crippen LogP) is 4.14. The van der Waals surface area contributed by atoms with Crippen LogP contribution in [0, 0.1) is 35.5 Å². The number of carbonyl (C=O) groups is 4. The van der Waals surface area contributed by atoms with Crippen LogP contribution >= 0.6 is 0 Å². The SMILES string of the molecule is COc1ccc2c(c1)=NC1C(CC3C(=O)C(C(C)C)=CC(=O)C3C)=NCCC=21.COc1ccc2c(c1)=NC1C(CC3C(=O)C(C)=CC(=O)C3C(C)C)=NCCC=21. The molecule has 10 heteroatoms. The fraction of sp³-hybridized carbons (Fsp3) is 0.478. The van der Waals surface area contributed by atoms with Crippen LogP contribution in [0.2, 0.25) is 0 Å². The Bertz CT molecular complexity index is 2400. The number of rotatable bonds is 8. The van der Waals surface area contributed by atoms with Crippen LogP contribution in [0.1, 0.15) is 67.2 Å². The summed E-state index contributed by atoms with van der Waals surface area (Å²) in [6, 6.07) is 11.7. The molecule has 4 heterocycles. The maximum Gasteiger partial charge on any atom is 0.163 e. The minimum atomic E-state index is -0.346. The van der Waals surface area contributed by atoms with Crippen molar-refractivity contribution in [3.8, 4) is 11.5 Å². The smallest absolute Gasteiger partial charge is 0.163 e. The van der Waals surface area contributed by atoms with Crippen molar-refractivity contribution in [1.82, 2.24) is 0 Å². The van der Waals surface area contributed by atoms with Gasteiger partial charge in [-0.1, -0.05) is 34.6 Å². The summed E-state index contributed by atoms with van der Waals surface area (Å²) in [6.07, 6.45) is 5.82. The van der Waals surface area contributed by atoms with E-state index in [2.05, 4.69) is 12.1 Å². The summed E-state index contributed by atoms with van der Waals surface area (Å²) in [6.45, 7) is 13.0. The molecule has 0 spiro atoms. The zero-order chi connectivity index (χ0) is 40.0. The van der Waals surface area contributed by atoms with E-state index in [1.54, 1.807) is 27.2 Å². The highest BCUT2D eigenvalue weighted by Crippen LogP contribution is 2.36. The van der Waals surface area contributed by atoms with Gasteiger partial charge in [0.05, 0.1) is 24.9 Å². The fourth-order valence-corrected chi connectivity index (χ4v) is 9.24. The van der Waals surface area contributed by atoms with E-state index in [1.165, 1.54) is 17.2 Å². The lowest BCUT2D eigenvalue weighted by molar-refractivity contribution is -0.131. The van der Waals surface area contributed by atoms with Crippen molar-refractivity contribution in [3.05, 3.63) is 80.8 Å². The number of benzene rings is 2. The largest absolute Gasteiger partial charge is 0.497 e. The summed E-state index contributed by atoms with van der Waals surface area (Å²) in [5.74, 6) is 0.724. The number of carbonyl (C=O) groups excluding carboxylic acids is 4. The molecule has 2 aromatic carbocycles. The van der Waals surface area contributed by atoms with Crippen LogP contribution in [-0.2, 0) is 19.2 Å². The molecule has 0 radical (unpaired) electrons. The van der Waals surface area contributed by atoms with Crippen LogP contribution in [0.4, 0.5) is 0 Å². The van der Waals surface area contributed by atoms with Gasteiger partial charge in [-0.25, -0.2) is 0 Å². The summed E-state index contributed by atoms with van der Waals surface area (Å²) in [7, 11) is 3.30. The Morgan fingerprint density at radius 1 is 0.696 bits per heavy atom. The van der Waals surface area contributed by atoms with E-state index in [0.29, 0.717) is 37.1 Å². The lowest BCUT2D eigenvalue weighted by Gasteiger charge is -2.33. The summed E-state index contributed by atoms with van der Waals surface area (Å²) in [4.78, 5) is 70.4. The summed E-state index contributed by atoms with van der Waals surface area (Å²) in [5, 5.41) is 4.16. The van der Waals surface area contributed by atoms with Crippen molar-refractivity contribution < 1.29 is 28.7 Å². The van der Waals surface area contributed by atoms with Crippen molar-refractivity contribution in [2.45, 2.75) is 79.3 Å². The molecule has 292 valence electrons. The van der Waals surface area contributed by atoms with Gasteiger partial charge in [-0.05, 0) is 97.6 Å². The number of hydrogen-bond acceptors (Lipinski definition) is 10. The van der Waals surface area contributed by atoms with Crippen LogP contribution in [0.3, 0.4) is 0 Å². The normalized spacial score (nSPS) is 26.5. The van der Waals surface area contributed by atoms with E-state index in [9.17, 15) is 19.2 Å². The van der Waals surface area contributed by atoms with Gasteiger partial charge in [-0.15, -0.1) is 0 Å². The van der Waals surface area contributed by atoms with E-state index >= 15 is 0 Å². The van der Waals surface area contributed by atoms with Gasteiger partial charge in [0.15, 0.2) is 23.1 Å². The molecule has 0 fully saturated rings. The number of nitrogens with zero attached hydrogens (tertiary/aromatic N) is 4. The maximum atomic E-state index is 13.1. The molecule has 0 N–H and O–H groups in total. The Kier molecular flexibility index (Phi) is 11.0. The van der Waals surface area contributed by atoms with Gasteiger partial charge in [0, 0.05) is 76.3 Å². The lowest BCUT2D eigenvalue weighted by atomic mass is 9.70. The van der Waals surface area contributed by atoms with Gasteiger partial charge in [0.1, 0.15) is 23.6 Å². The molecule has 0 saturated carbocycles. The number of aliphatic imine (C=N–C) groups is 2. The second-order valence-corrected chi connectivity index (χ2v) is 16.4. The minimum absolute atomic E-state index is 0.0466. The monoisotopic (exact) mass is 756 g/mol. The molecule has 0 bridgehead atoms. The molecule has 2 aliphatic carbocycles. The van der Waals surface area contributed by atoms with Gasteiger partial charge in [0.2, 0.25) is 0 Å². The third kappa shape index (κ3) is 7.19. The third-order valence-corrected chi connectivity index (χ3v) is 12.3. The molecule has 6 unspecified atom stereocenters. The van der Waals surface area contributed by atoms with E-state index in [4.69, 9.17) is 29.4 Å². The van der Waals surface area contributed by atoms with Gasteiger partial charge in [0.25, 0.3) is 0 Å². The lowest BCUT2D eigenvalue weighted by Crippen LogP contribution is -2.40. The van der Waals surface area contributed by atoms with Crippen LogP contribution in [0.5, 0.6) is 11.5 Å². The fourth-order valence-electron chi connectivity index (χ4n) is 9.24. The first kappa shape index (κ1) is 39.1. The van der Waals surface area contributed by atoms with Crippen LogP contribution in [0.25, 0.3) is 11.1 Å².